The molecule has 2 aromatic rings. The number of hydrogen-bond acceptors (Lipinski definition) is 5. The molecule has 1 aromatic carbocycles. The van der Waals surface area contributed by atoms with Gasteiger partial charge in [0, 0.05) is 6.07 Å². The Bertz CT molecular complexity index is 613. The molecule has 0 fully saturated rings. The highest BCUT2D eigenvalue weighted by atomic mass is 35.5. The van der Waals surface area contributed by atoms with Gasteiger partial charge in [-0.25, -0.2) is 9.78 Å². The highest BCUT2D eigenvalue weighted by Gasteiger charge is 2.13. The summed E-state index contributed by atoms with van der Waals surface area (Å²) >= 11 is 5.90. The summed E-state index contributed by atoms with van der Waals surface area (Å²) in [7, 11) is 2.86. The Labute approximate surface area is 121 Å². The molecule has 0 spiro atoms. The second kappa shape index (κ2) is 6.25. The predicted octanol–water partition coefficient (Wildman–Crippen LogP) is 3.32. The summed E-state index contributed by atoms with van der Waals surface area (Å²) < 4.78 is 15.2. The molecule has 0 N–H and O–H groups in total. The quantitative estimate of drug-likeness (QED) is 0.639. The van der Waals surface area contributed by atoms with Crippen LogP contribution in [0.25, 0.3) is 0 Å². The summed E-state index contributed by atoms with van der Waals surface area (Å²) in [5, 5.41) is 0.0304. The second-order valence-electron chi connectivity index (χ2n) is 3.76. The number of methoxy groups -OCH3 is 2. The van der Waals surface area contributed by atoms with E-state index in [4.69, 9.17) is 21.1 Å². The van der Waals surface area contributed by atoms with Gasteiger partial charge in [-0.3, -0.25) is 0 Å². The van der Waals surface area contributed by atoms with Crippen LogP contribution < -0.4 is 9.47 Å². The fraction of sp³-hybridized carbons (Fsp3) is 0.143. The van der Waals surface area contributed by atoms with Crippen LogP contribution in [0.1, 0.15) is 10.4 Å². The minimum absolute atomic E-state index is 0.0304. The molecule has 104 valence electrons. The monoisotopic (exact) mass is 293 g/mol. The number of benzene rings is 1. The smallest absolute Gasteiger partial charge is 0.341 e. The van der Waals surface area contributed by atoms with Crippen LogP contribution in [0.15, 0.2) is 36.4 Å². The minimum Gasteiger partial charge on any atom is -0.497 e. The number of esters is 1. The first kappa shape index (κ1) is 14.1. The fourth-order valence-corrected chi connectivity index (χ4v) is 1.72. The van der Waals surface area contributed by atoms with Crippen molar-refractivity contribution >= 4 is 17.6 Å². The first-order valence-electron chi connectivity index (χ1n) is 5.71. The summed E-state index contributed by atoms with van der Waals surface area (Å²) in [5.41, 5.74) is 0.191. The molecule has 0 aliphatic carbocycles. The van der Waals surface area contributed by atoms with E-state index in [1.54, 1.807) is 37.4 Å². The standard InChI is InChI=1S/C14H12ClNO4/c1-18-9-3-5-10(6-4-9)20-12-8-7-11(13(15)16-12)14(17)19-2/h3-8H,1-2H3. The molecular weight excluding hydrogens is 282 g/mol. The first-order valence-corrected chi connectivity index (χ1v) is 6.08. The maximum absolute atomic E-state index is 11.4. The third kappa shape index (κ3) is 3.19. The molecular formula is C14H12ClNO4. The summed E-state index contributed by atoms with van der Waals surface area (Å²) in [6.07, 6.45) is 0. The lowest BCUT2D eigenvalue weighted by atomic mass is 10.3. The number of carbonyl (C=O) groups excluding carboxylic acids is 1. The van der Waals surface area contributed by atoms with E-state index in [-0.39, 0.29) is 16.6 Å². The number of aromatic nitrogens is 1. The van der Waals surface area contributed by atoms with Crippen molar-refractivity contribution in [3.05, 3.63) is 47.1 Å². The molecule has 0 atom stereocenters. The van der Waals surface area contributed by atoms with Crippen molar-refractivity contribution < 1.29 is 19.0 Å². The molecule has 1 heterocycles. The van der Waals surface area contributed by atoms with Crippen molar-refractivity contribution in [2.24, 2.45) is 0 Å². The second-order valence-corrected chi connectivity index (χ2v) is 4.12. The summed E-state index contributed by atoms with van der Waals surface area (Å²) in [5.74, 6) is 1.05. The summed E-state index contributed by atoms with van der Waals surface area (Å²) in [6, 6.07) is 10.0. The van der Waals surface area contributed by atoms with Crippen molar-refractivity contribution in [2.75, 3.05) is 14.2 Å². The number of rotatable bonds is 4. The van der Waals surface area contributed by atoms with Gasteiger partial charge >= 0.3 is 5.97 Å². The third-order valence-electron chi connectivity index (χ3n) is 2.51. The number of carbonyl (C=O) groups is 1. The van der Waals surface area contributed by atoms with E-state index in [0.29, 0.717) is 5.75 Å². The number of hydrogen-bond donors (Lipinski definition) is 0. The van der Waals surface area contributed by atoms with Gasteiger partial charge in [0.15, 0.2) is 0 Å². The van der Waals surface area contributed by atoms with Crippen molar-refractivity contribution in [2.45, 2.75) is 0 Å². The van der Waals surface area contributed by atoms with E-state index >= 15 is 0 Å². The van der Waals surface area contributed by atoms with Crippen LogP contribution in [-0.2, 0) is 4.74 Å². The molecule has 0 saturated heterocycles. The van der Waals surface area contributed by atoms with Crippen LogP contribution in [0.5, 0.6) is 17.4 Å². The van der Waals surface area contributed by atoms with Gasteiger partial charge in [-0.05, 0) is 30.3 Å². The number of pyridine rings is 1. The lowest BCUT2D eigenvalue weighted by molar-refractivity contribution is 0.0600. The Kier molecular flexibility index (Phi) is 4.42. The van der Waals surface area contributed by atoms with Crippen molar-refractivity contribution in [1.29, 1.82) is 0 Å². The average molecular weight is 294 g/mol. The van der Waals surface area contributed by atoms with Gasteiger partial charge in [-0.2, -0.15) is 0 Å². The van der Waals surface area contributed by atoms with Crippen LogP contribution in [0.2, 0.25) is 5.15 Å². The molecule has 2 rings (SSSR count). The molecule has 0 aliphatic heterocycles. The topological polar surface area (TPSA) is 57.7 Å². The Balaban J connectivity index is 2.17. The molecule has 0 unspecified atom stereocenters. The van der Waals surface area contributed by atoms with E-state index in [0.717, 1.165) is 5.75 Å². The van der Waals surface area contributed by atoms with Gasteiger partial charge in [-0.15, -0.1) is 0 Å². The van der Waals surface area contributed by atoms with Gasteiger partial charge in [0.1, 0.15) is 16.7 Å². The van der Waals surface area contributed by atoms with E-state index in [1.807, 2.05) is 0 Å². The Hall–Kier alpha value is -2.27. The fourth-order valence-electron chi connectivity index (χ4n) is 1.50. The Morgan fingerprint density at radius 2 is 1.70 bits per heavy atom. The van der Waals surface area contributed by atoms with Crippen LogP contribution >= 0.6 is 11.6 Å². The highest BCUT2D eigenvalue weighted by Crippen LogP contribution is 2.25. The highest BCUT2D eigenvalue weighted by molar-refractivity contribution is 6.32. The van der Waals surface area contributed by atoms with Crippen LogP contribution in [-0.4, -0.2) is 25.2 Å². The van der Waals surface area contributed by atoms with E-state index < -0.39 is 5.97 Å². The van der Waals surface area contributed by atoms with Crippen LogP contribution in [0.4, 0.5) is 0 Å². The molecule has 5 nitrogen and oxygen atoms in total. The summed E-state index contributed by atoms with van der Waals surface area (Å²) in [6.45, 7) is 0. The zero-order chi connectivity index (χ0) is 14.5. The van der Waals surface area contributed by atoms with Gasteiger partial charge in [0.2, 0.25) is 5.88 Å². The summed E-state index contributed by atoms with van der Waals surface area (Å²) in [4.78, 5) is 15.4. The molecule has 20 heavy (non-hydrogen) atoms. The molecule has 6 heteroatoms. The molecule has 0 amide bonds. The molecule has 1 aromatic heterocycles. The zero-order valence-corrected chi connectivity index (χ0v) is 11.7. The first-order chi connectivity index (χ1) is 9.63. The molecule has 0 bridgehead atoms. The van der Waals surface area contributed by atoms with Gasteiger partial charge < -0.3 is 14.2 Å². The van der Waals surface area contributed by atoms with Gasteiger partial charge in [0.05, 0.1) is 19.8 Å². The maximum atomic E-state index is 11.4. The SMILES string of the molecule is COC(=O)c1ccc(Oc2ccc(OC)cc2)nc1Cl. The van der Waals surface area contributed by atoms with Crippen LogP contribution in [0, 0.1) is 0 Å². The predicted molar refractivity (Wildman–Crippen MR) is 73.7 cm³/mol. The Morgan fingerprint density at radius 3 is 2.25 bits per heavy atom. The largest absolute Gasteiger partial charge is 0.497 e. The van der Waals surface area contributed by atoms with E-state index in [2.05, 4.69) is 9.72 Å². The molecule has 0 radical (unpaired) electrons. The van der Waals surface area contributed by atoms with E-state index in [1.165, 1.54) is 13.2 Å². The number of halogens is 1. The number of nitrogens with zero attached hydrogens (tertiary/aromatic N) is 1. The van der Waals surface area contributed by atoms with Crippen molar-refractivity contribution in [1.82, 2.24) is 4.98 Å². The zero-order valence-electron chi connectivity index (χ0n) is 10.9. The maximum Gasteiger partial charge on any atom is 0.341 e. The average Bonchev–Trinajstić information content (AvgIpc) is 2.47. The normalized spacial score (nSPS) is 9.95. The Morgan fingerprint density at radius 1 is 1.05 bits per heavy atom. The minimum atomic E-state index is -0.543. The third-order valence-corrected chi connectivity index (χ3v) is 2.80. The lowest BCUT2D eigenvalue weighted by Gasteiger charge is -2.07. The van der Waals surface area contributed by atoms with Gasteiger partial charge in [0.25, 0.3) is 0 Å². The van der Waals surface area contributed by atoms with Gasteiger partial charge in [-0.1, -0.05) is 11.6 Å². The van der Waals surface area contributed by atoms with Crippen LogP contribution in [0.3, 0.4) is 0 Å². The lowest BCUT2D eigenvalue weighted by Crippen LogP contribution is -2.03. The number of ether oxygens (including phenoxy) is 3. The molecule has 0 aliphatic rings. The molecule has 0 saturated carbocycles. The van der Waals surface area contributed by atoms with Crippen molar-refractivity contribution in [3.63, 3.8) is 0 Å². The van der Waals surface area contributed by atoms with Crippen molar-refractivity contribution in [3.8, 4) is 17.4 Å². The van der Waals surface area contributed by atoms with E-state index in [9.17, 15) is 4.79 Å².